The summed E-state index contributed by atoms with van der Waals surface area (Å²) in [5.74, 6) is 0.136. The molecule has 134 valence electrons. The molecular formula is C18H23N3O3S. The fourth-order valence-corrected chi connectivity index (χ4v) is 4.46. The van der Waals surface area contributed by atoms with Gasteiger partial charge in [-0.25, -0.2) is 8.42 Å². The Balaban J connectivity index is 1.50. The predicted octanol–water partition coefficient (Wildman–Crippen LogP) is 1.27. The number of H-pyrrole nitrogens is 1. The van der Waals surface area contributed by atoms with E-state index in [-0.39, 0.29) is 11.7 Å². The molecule has 25 heavy (non-hydrogen) atoms. The van der Waals surface area contributed by atoms with Crippen LogP contribution in [0.4, 0.5) is 0 Å². The van der Waals surface area contributed by atoms with E-state index in [9.17, 15) is 13.2 Å². The van der Waals surface area contributed by atoms with Gasteiger partial charge in [0.2, 0.25) is 15.9 Å². The lowest BCUT2D eigenvalue weighted by Gasteiger charge is -2.34. The van der Waals surface area contributed by atoms with Gasteiger partial charge in [-0.15, -0.1) is 0 Å². The summed E-state index contributed by atoms with van der Waals surface area (Å²) in [6.07, 6.45) is 2.63. The third kappa shape index (κ3) is 4.70. The minimum Gasteiger partial charge on any atom is -0.365 e. The highest BCUT2D eigenvalue weighted by molar-refractivity contribution is 7.89. The Morgan fingerprint density at radius 2 is 1.72 bits per heavy atom. The number of aryl methyl sites for hydroxylation is 1. The number of sulfonamides is 1. The van der Waals surface area contributed by atoms with E-state index in [1.165, 1.54) is 4.31 Å². The van der Waals surface area contributed by atoms with Crippen LogP contribution in [0.2, 0.25) is 0 Å². The lowest BCUT2D eigenvalue weighted by molar-refractivity contribution is -0.131. The molecule has 7 heteroatoms. The zero-order chi connectivity index (χ0) is 17.7. The van der Waals surface area contributed by atoms with Gasteiger partial charge >= 0.3 is 0 Å². The van der Waals surface area contributed by atoms with E-state index in [2.05, 4.69) is 4.98 Å². The quantitative estimate of drug-likeness (QED) is 0.842. The van der Waals surface area contributed by atoms with Gasteiger partial charge in [-0.1, -0.05) is 30.3 Å². The van der Waals surface area contributed by atoms with E-state index in [1.54, 1.807) is 11.1 Å². The van der Waals surface area contributed by atoms with Crippen molar-refractivity contribution >= 4 is 15.9 Å². The Morgan fingerprint density at radius 1 is 1.00 bits per heavy atom. The topological polar surface area (TPSA) is 73.5 Å². The summed E-state index contributed by atoms with van der Waals surface area (Å²) in [5, 5.41) is 0. The van der Waals surface area contributed by atoms with Gasteiger partial charge in [0.15, 0.2) is 0 Å². The number of benzene rings is 1. The first-order valence-corrected chi connectivity index (χ1v) is 10.1. The Labute approximate surface area is 148 Å². The normalized spacial score (nSPS) is 16.1. The Kier molecular flexibility index (Phi) is 5.55. The molecule has 0 radical (unpaired) electrons. The average molecular weight is 361 g/mol. The largest absolute Gasteiger partial charge is 0.365 e. The zero-order valence-electron chi connectivity index (χ0n) is 14.1. The number of hydrogen-bond donors (Lipinski definition) is 1. The minimum atomic E-state index is -3.29. The highest BCUT2D eigenvalue weighted by Gasteiger charge is 2.28. The Hall–Kier alpha value is -2.12. The molecule has 0 aliphatic carbocycles. The summed E-state index contributed by atoms with van der Waals surface area (Å²) in [6, 6.07) is 13.4. The second-order valence-electron chi connectivity index (χ2n) is 6.20. The van der Waals surface area contributed by atoms with Crippen LogP contribution >= 0.6 is 0 Å². The molecule has 1 aromatic carbocycles. The number of nitrogens with one attached hydrogen (secondary N) is 1. The minimum absolute atomic E-state index is 0.0313. The average Bonchev–Trinajstić information content (AvgIpc) is 3.14. The molecule has 1 saturated heterocycles. The summed E-state index contributed by atoms with van der Waals surface area (Å²) >= 11 is 0. The van der Waals surface area contributed by atoms with Crippen LogP contribution in [0.3, 0.4) is 0 Å². The van der Waals surface area contributed by atoms with Crippen molar-refractivity contribution < 1.29 is 13.2 Å². The highest BCUT2D eigenvalue weighted by Crippen LogP contribution is 2.12. The van der Waals surface area contributed by atoms with Gasteiger partial charge in [0.25, 0.3) is 0 Å². The maximum absolute atomic E-state index is 12.5. The molecule has 0 bridgehead atoms. The first kappa shape index (κ1) is 17.7. The number of rotatable bonds is 6. The summed E-state index contributed by atoms with van der Waals surface area (Å²) in [6.45, 7) is 1.63. The second-order valence-corrected chi connectivity index (χ2v) is 8.29. The first-order chi connectivity index (χ1) is 12.0. The lowest BCUT2D eigenvalue weighted by atomic mass is 10.2. The van der Waals surface area contributed by atoms with Gasteiger partial charge in [0, 0.05) is 38.1 Å². The Morgan fingerprint density at radius 3 is 2.36 bits per heavy atom. The number of amides is 1. The number of aromatic amines is 1. The molecule has 0 unspecified atom stereocenters. The van der Waals surface area contributed by atoms with Crippen molar-refractivity contribution in [3.63, 3.8) is 0 Å². The third-order valence-electron chi connectivity index (χ3n) is 4.48. The molecule has 1 aliphatic heterocycles. The van der Waals surface area contributed by atoms with Crippen molar-refractivity contribution in [2.45, 2.75) is 12.8 Å². The van der Waals surface area contributed by atoms with E-state index in [4.69, 9.17) is 0 Å². The summed E-state index contributed by atoms with van der Waals surface area (Å²) < 4.78 is 26.5. The SMILES string of the molecule is O=C(Cc1ccc[nH]1)N1CCN(S(=O)(=O)CCc2ccccc2)CC1. The van der Waals surface area contributed by atoms with Crippen molar-refractivity contribution in [3.8, 4) is 0 Å². The number of nitrogens with zero attached hydrogens (tertiary/aromatic N) is 2. The van der Waals surface area contributed by atoms with Crippen LogP contribution in [0.25, 0.3) is 0 Å². The molecule has 2 heterocycles. The first-order valence-electron chi connectivity index (χ1n) is 8.46. The van der Waals surface area contributed by atoms with Crippen LogP contribution in [0.5, 0.6) is 0 Å². The van der Waals surface area contributed by atoms with Gasteiger partial charge in [-0.2, -0.15) is 4.31 Å². The van der Waals surface area contributed by atoms with E-state index in [0.29, 0.717) is 39.0 Å². The Bertz CT molecular complexity index is 780. The van der Waals surface area contributed by atoms with E-state index < -0.39 is 10.0 Å². The number of hydrogen-bond acceptors (Lipinski definition) is 3. The van der Waals surface area contributed by atoms with E-state index >= 15 is 0 Å². The molecular weight excluding hydrogens is 338 g/mol. The number of carbonyl (C=O) groups is 1. The van der Waals surface area contributed by atoms with Crippen LogP contribution in [-0.4, -0.2) is 60.4 Å². The van der Waals surface area contributed by atoms with Crippen molar-refractivity contribution in [1.29, 1.82) is 0 Å². The van der Waals surface area contributed by atoms with Gasteiger partial charge in [0.1, 0.15) is 0 Å². The monoisotopic (exact) mass is 361 g/mol. The second kappa shape index (κ2) is 7.84. The summed E-state index contributed by atoms with van der Waals surface area (Å²) in [4.78, 5) is 17.0. The van der Waals surface area contributed by atoms with Crippen molar-refractivity contribution in [2.24, 2.45) is 0 Å². The van der Waals surface area contributed by atoms with Crippen molar-refractivity contribution in [3.05, 3.63) is 59.9 Å². The molecule has 1 fully saturated rings. The molecule has 0 saturated carbocycles. The fourth-order valence-electron chi connectivity index (χ4n) is 2.99. The standard InChI is InChI=1S/C18H23N3O3S/c22-18(15-17-7-4-9-19-17)20-10-12-21(13-11-20)25(23,24)14-8-16-5-2-1-3-6-16/h1-7,9,19H,8,10-15H2. The fraction of sp³-hybridized carbons (Fsp3) is 0.389. The van der Waals surface area contributed by atoms with Crippen LogP contribution in [0.15, 0.2) is 48.7 Å². The lowest BCUT2D eigenvalue weighted by Crippen LogP contribution is -2.51. The van der Waals surface area contributed by atoms with Crippen LogP contribution in [-0.2, 0) is 27.7 Å². The maximum Gasteiger partial charge on any atom is 0.228 e. The molecule has 2 aromatic rings. The molecule has 1 aliphatic rings. The maximum atomic E-state index is 12.5. The van der Waals surface area contributed by atoms with E-state index in [0.717, 1.165) is 11.3 Å². The molecule has 0 atom stereocenters. The summed E-state index contributed by atoms with van der Waals surface area (Å²) in [5.41, 5.74) is 1.90. The number of aromatic nitrogens is 1. The molecule has 1 amide bonds. The molecule has 3 rings (SSSR count). The molecule has 1 N–H and O–H groups in total. The molecule has 0 spiro atoms. The summed E-state index contributed by atoms with van der Waals surface area (Å²) in [7, 11) is -3.29. The van der Waals surface area contributed by atoms with Gasteiger partial charge in [-0.05, 0) is 24.1 Å². The third-order valence-corrected chi connectivity index (χ3v) is 6.35. The van der Waals surface area contributed by atoms with Crippen LogP contribution < -0.4 is 0 Å². The van der Waals surface area contributed by atoms with Crippen LogP contribution in [0.1, 0.15) is 11.3 Å². The molecule has 1 aromatic heterocycles. The zero-order valence-corrected chi connectivity index (χ0v) is 14.9. The predicted molar refractivity (Wildman–Crippen MR) is 96.6 cm³/mol. The van der Waals surface area contributed by atoms with Crippen molar-refractivity contribution in [1.82, 2.24) is 14.2 Å². The van der Waals surface area contributed by atoms with Crippen molar-refractivity contribution in [2.75, 3.05) is 31.9 Å². The van der Waals surface area contributed by atoms with Gasteiger partial charge in [-0.3, -0.25) is 4.79 Å². The molecule has 6 nitrogen and oxygen atoms in total. The van der Waals surface area contributed by atoms with Gasteiger partial charge in [0.05, 0.1) is 12.2 Å². The number of carbonyl (C=O) groups excluding carboxylic acids is 1. The highest BCUT2D eigenvalue weighted by atomic mass is 32.2. The van der Waals surface area contributed by atoms with E-state index in [1.807, 2.05) is 42.5 Å². The smallest absolute Gasteiger partial charge is 0.228 e. The van der Waals surface area contributed by atoms with Crippen LogP contribution in [0, 0.1) is 0 Å². The van der Waals surface area contributed by atoms with Gasteiger partial charge < -0.3 is 9.88 Å². The number of piperazine rings is 1.